The van der Waals surface area contributed by atoms with Gasteiger partial charge in [-0.3, -0.25) is 71.9 Å². The minimum Gasteiger partial charge on any atom is -0.362 e. The van der Waals surface area contributed by atoms with E-state index in [0.29, 0.717) is 57.8 Å². The van der Waals surface area contributed by atoms with Crippen molar-refractivity contribution in [1.82, 2.24) is 109 Å². The summed E-state index contributed by atoms with van der Waals surface area (Å²) in [5, 5.41) is 40.6. The molecule has 0 fully saturated rings. The molecule has 8 aromatic rings. The van der Waals surface area contributed by atoms with E-state index in [9.17, 15) is 71.9 Å². The molecule has 123 heavy (non-hydrogen) atoms. The number of imidazole rings is 4. The molecule has 0 aromatic carbocycles. The van der Waals surface area contributed by atoms with Crippen LogP contribution in [0.2, 0.25) is 0 Å². The molecule has 8 aromatic heterocycles. The van der Waals surface area contributed by atoms with Gasteiger partial charge in [-0.05, 0) is 96.6 Å². The van der Waals surface area contributed by atoms with Crippen molar-refractivity contribution in [3.05, 3.63) is 126 Å². The molecular weight excluding hydrogens is 1620 g/mol. The number of amides is 15. The van der Waals surface area contributed by atoms with E-state index in [0.717, 1.165) is 25.9 Å². The van der Waals surface area contributed by atoms with E-state index in [4.69, 9.17) is 4.74 Å². The van der Waals surface area contributed by atoms with Crippen LogP contribution in [0.3, 0.4) is 0 Å². The molecule has 0 bridgehead atoms. The minimum atomic E-state index is -0.664. The molecule has 0 atom stereocenters. The van der Waals surface area contributed by atoms with E-state index < -0.39 is 65.0 Å². The van der Waals surface area contributed by atoms with Crippen molar-refractivity contribution in [3.8, 4) is 0 Å². The molecule has 0 aliphatic carbocycles. The van der Waals surface area contributed by atoms with Crippen LogP contribution in [0, 0.1) is 0 Å². The van der Waals surface area contributed by atoms with Crippen LogP contribution < -0.4 is 79.8 Å². The monoisotopic (exact) mass is 1730 g/mol. The number of rotatable bonds is 49. The quantitative estimate of drug-likeness (QED) is 0.0170. The highest BCUT2D eigenvalue weighted by atomic mass is 32.1. The van der Waals surface area contributed by atoms with Crippen molar-refractivity contribution in [3.63, 3.8) is 0 Å². The zero-order chi connectivity index (χ0) is 89.4. The standard InChI is InChI=1S/C77H107N29O16S/c1-97(30-13-22-79-63(111)45-122-46-64(112)80-23-14-31-98(2)32-15-24-81-65(113)47-123)29-12-21-78-59(107)17-25-84-71(115)54-36-50(40-102(54)6)90-77(121)69-96-58(44-106(69)10)93-62(110)19-27-86-73(117)55-37-51(41-103(55)7)89-75(119)67-94-56(42-104(67)8)91-60(108)16-11-20-83-70(114)52-35-49(39-100(52)4)88-76(120)68-95-57(43-105(68)9)92-61(109)18-26-85-72(116)53-34-48(38-101(53)5)87-74(118)66-82-28-33-99(66)3/h28,33-44,123H,11-27,29-32,45-47H2,1-10H3,(H,78,107)(H,79,111)(H,80,112)(H,81,113)(H,83,114)(H,84,115)(H,85,116)(H,86,117)(H,87,118)(H,88,120)(H,89,119)(H,90,121)(H,91,108)(H,92,109)(H,93,110). The predicted molar refractivity (Wildman–Crippen MR) is 455 cm³/mol. The second-order valence-electron chi connectivity index (χ2n) is 28.9. The number of anilines is 7. The number of aryl methyl sites for hydroxylation is 8. The molecule has 15 amide bonds. The topological polar surface area (TPSA) is 543 Å². The maximum Gasteiger partial charge on any atom is 0.291 e. The number of ether oxygens (including phenoxy) is 1. The second-order valence-corrected chi connectivity index (χ2v) is 29.2. The van der Waals surface area contributed by atoms with Crippen LogP contribution in [-0.2, 0) is 94.7 Å². The van der Waals surface area contributed by atoms with Crippen LogP contribution in [0.15, 0.2) is 80.0 Å². The highest BCUT2D eigenvalue weighted by Crippen LogP contribution is 2.21. The highest BCUT2D eigenvalue weighted by molar-refractivity contribution is 7.81. The maximum absolute atomic E-state index is 13.4. The Kier molecular flexibility index (Phi) is 36.0. The zero-order valence-corrected chi connectivity index (χ0v) is 71.1. The largest absolute Gasteiger partial charge is 0.362 e. The zero-order valence-electron chi connectivity index (χ0n) is 70.2. The molecular formula is C77H107N29O16S. The van der Waals surface area contributed by atoms with Gasteiger partial charge in [0.1, 0.15) is 36.0 Å². The molecule has 0 saturated carbocycles. The summed E-state index contributed by atoms with van der Waals surface area (Å²) in [5.74, 6) is -6.58. The Balaban J connectivity index is 0.645. The van der Waals surface area contributed by atoms with Crippen molar-refractivity contribution in [1.29, 1.82) is 0 Å². The third-order valence-electron chi connectivity index (χ3n) is 18.6. The molecule has 0 aliphatic rings. The molecule has 45 nitrogen and oxygen atoms in total. The fourth-order valence-corrected chi connectivity index (χ4v) is 12.4. The first-order valence-corrected chi connectivity index (χ1v) is 40.0. The first-order valence-electron chi connectivity index (χ1n) is 39.3. The van der Waals surface area contributed by atoms with Gasteiger partial charge in [0.15, 0.2) is 23.3 Å². The van der Waals surface area contributed by atoms with Gasteiger partial charge in [-0.25, -0.2) is 19.9 Å². The predicted octanol–water partition coefficient (Wildman–Crippen LogP) is -0.395. The number of hydrogen-bond acceptors (Lipinski definition) is 23. The summed E-state index contributed by atoms with van der Waals surface area (Å²) >= 11 is 3.93. The Labute approximate surface area is 712 Å². The first-order chi connectivity index (χ1) is 58.7. The van der Waals surface area contributed by atoms with Gasteiger partial charge in [0.2, 0.25) is 58.8 Å². The molecule has 46 heteroatoms. The summed E-state index contributed by atoms with van der Waals surface area (Å²) in [6.07, 6.45) is 16.3. The molecule has 0 saturated heterocycles. The van der Waals surface area contributed by atoms with Crippen molar-refractivity contribution >= 4 is 141 Å². The van der Waals surface area contributed by atoms with Crippen LogP contribution in [-0.4, -0.2) is 266 Å². The number of aromatic nitrogens is 12. The van der Waals surface area contributed by atoms with Crippen LogP contribution in [0.1, 0.15) is 142 Å². The van der Waals surface area contributed by atoms with E-state index in [1.165, 1.54) is 99.6 Å². The fraction of sp³-hybridized carbons (Fsp3) is 0.442. The van der Waals surface area contributed by atoms with E-state index in [-0.39, 0.29) is 181 Å². The van der Waals surface area contributed by atoms with Gasteiger partial charge in [0.05, 0.1) is 28.5 Å². The lowest BCUT2D eigenvalue weighted by Gasteiger charge is -2.17. The van der Waals surface area contributed by atoms with Crippen LogP contribution in [0.5, 0.6) is 0 Å². The molecule has 15 N–H and O–H groups in total. The molecule has 8 heterocycles. The van der Waals surface area contributed by atoms with Crippen LogP contribution in [0.25, 0.3) is 0 Å². The summed E-state index contributed by atoms with van der Waals surface area (Å²) in [6, 6.07) is 5.82. The van der Waals surface area contributed by atoms with Crippen LogP contribution in [0.4, 0.5) is 40.2 Å². The summed E-state index contributed by atoms with van der Waals surface area (Å²) in [7, 11) is 16.6. The number of thiol groups is 1. The van der Waals surface area contributed by atoms with Crippen molar-refractivity contribution in [2.75, 3.05) is 149 Å². The normalized spacial score (nSPS) is 11.0. The van der Waals surface area contributed by atoms with Crippen LogP contribution >= 0.6 is 12.6 Å². The number of carbonyl (C=O) groups is 15. The summed E-state index contributed by atoms with van der Waals surface area (Å²) in [5.41, 5.74) is 1.91. The summed E-state index contributed by atoms with van der Waals surface area (Å²) in [6.45, 7) is 4.35. The van der Waals surface area contributed by atoms with Crippen molar-refractivity contribution in [2.24, 2.45) is 56.4 Å². The lowest BCUT2D eigenvalue weighted by Crippen LogP contribution is -2.35. The van der Waals surface area contributed by atoms with E-state index in [1.54, 1.807) is 73.3 Å². The minimum absolute atomic E-state index is 0.0237. The van der Waals surface area contributed by atoms with E-state index in [1.807, 2.05) is 14.1 Å². The van der Waals surface area contributed by atoms with Gasteiger partial charge in [-0.2, -0.15) is 12.6 Å². The Bertz CT molecular complexity index is 5110. The number of carbonyl (C=O) groups excluding carboxylic acids is 15. The summed E-state index contributed by atoms with van der Waals surface area (Å²) in [4.78, 5) is 213. The Morgan fingerprint density at radius 1 is 0.317 bits per heavy atom. The SMILES string of the molecule is CN(CCCNC(=O)CS)CCCNC(=O)COCC(=O)NCCCN(C)CCCNC(=O)CCNC(=O)c1cc(NC(=O)c2nc(NC(=O)CCNC(=O)c3cc(NC(=O)c4nc(NC(=O)CCCNC(=O)c5cc(NC(=O)c6nc(NC(=O)CCNC(=O)c7cc(NC(=O)c8nccn8C)cn7C)cn6C)cn5C)cn4C)cn3C)cn2C)cn1C. The average Bonchev–Trinajstić information content (AvgIpc) is 1.55. The van der Waals surface area contributed by atoms with E-state index in [2.05, 4.69) is 122 Å². The molecule has 0 spiro atoms. The maximum atomic E-state index is 13.4. The van der Waals surface area contributed by atoms with Crippen molar-refractivity contribution < 1.29 is 76.7 Å². The molecule has 662 valence electrons. The van der Waals surface area contributed by atoms with Gasteiger partial charge >= 0.3 is 0 Å². The van der Waals surface area contributed by atoms with Gasteiger partial charge in [0, 0.05) is 190 Å². The summed E-state index contributed by atoms with van der Waals surface area (Å²) < 4.78 is 17.0. The van der Waals surface area contributed by atoms with Gasteiger partial charge < -0.3 is 131 Å². The Morgan fingerprint density at radius 3 is 0.935 bits per heavy atom. The lowest BCUT2D eigenvalue weighted by atomic mass is 10.3. The number of hydrogen-bond donors (Lipinski definition) is 16. The molecule has 0 aliphatic heterocycles. The highest BCUT2D eigenvalue weighted by Gasteiger charge is 2.25. The first kappa shape index (κ1) is 94.7. The number of nitrogens with zero attached hydrogens (tertiary/aromatic N) is 14. The molecule has 0 unspecified atom stereocenters. The average molecular weight is 1730 g/mol. The fourth-order valence-electron chi connectivity index (χ4n) is 12.3. The van der Waals surface area contributed by atoms with Gasteiger partial charge in [-0.15, -0.1) is 0 Å². The Morgan fingerprint density at radius 2 is 0.610 bits per heavy atom. The van der Waals surface area contributed by atoms with Gasteiger partial charge in [0.25, 0.3) is 47.3 Å². The lowest BCUT2D eigenvalue weighted by molar-refractivity contribution is -0.131. The number of nitrogens with one attached hydrogen (secondary N) is 15. The van der Waals surface area contributed by atoms with Gasteiger partial charge in [-0.1, -0.05) is 0 Å². The third-order valence-corrected chi connectivity index (χ3v) is 18.9. The molecule has 8 rings (SSSR count). The Hall–Kier alpha value is -13.8. The van der Waals surface area contributed by atoms with Crippen molar-refractivity contribution in [2.45, 2.75) is 57.8 Å². The smallest absolute Gasteiger partial charge is 0.291 e. The third kappa shape index (κ3) is 30.2. The van der Waals surface area contributed by atoms with E-state index >= 15 is 0 Å². The molecule has 0 radical (unpaired) electrons. The second kappa shape index (κ2) is 46.7.